The zero-order chi connectivity index (χ0) is 18.3. The van der Waals surface area contributed by atoms with Crippen molar-refractivity contribution in [3.05, 3.63) is 59.2 Å². The van der Waals surface area contributed by atoms with E-state index in [0.29, 0.717) is 19.4 Å². The zero-order valence-corrected chi connectivity index (χ0v) is 15.0. The molecule has 1 atom stereocenters. The first-order chi connectivity index (χ1) is 12.5. The van der Waals surface area contributed by atoms with Gasteiger partial charge >= 0.3 is 12.1 Å². The number of rotatable bonds is 3. The number of aliphatic carboxylic acids is 1. The number of ether oxygens (including phenoxy) is 1. The molecule has 1 unspecified atom stereocenters. The Morgan fingerprint density at radius 2 is 1.92 bits per heavy atom. The van der Waals surface area contributed by atoms with Gasteiger partial charge in [0.2, 0.25) is 0 Å². The highest BCUT2D eigenvalue weighted by Crippen LogP contribution is 2.38. The molecule has 0 saturated carbocycles. The van der Waals surface area contributed by atoms with E-state index in [1.165, 1.54) is 27.2 Å². The van der Waals surface area contributed by atoms with Gasteiger partial charge in [0.15, 0.2) is 4.87 Å². The molecule has 2 aromatic carbocycles. The predicted molar refractivity (Wildman–Crippen MR) is 100 cm³/mol. The van der Waals surface area contributed by atoms with E-state index in [9.17, 15) is 14.7 Å². The molecular formula is C20H19NO4S. The minimum Gasteiger partial charge on any atom is -0.479 e. The van der Waals surface area contributed by atoms with Crippen LogP contribution < -0.4 is 0 Å². The molecule has 1 N–H and O–H groups in total. The highest BCUT2D eigenvalue weighted by Gasteiger charge is 2.48. The number of carbonyl (C=O) groups excluding carboxylic acids is 1. The monoisotopic (exact) mass is 369 g/mol. The van der Waals surface area contributed by atoms with E-state index in [4.69, 9.17) is 4.74 Å². The second kappa shape index (κ2) is 6.36. The Morgan fingerprint density at radius 3 is 2.73 bits per heavy atom. The average Bonchev–Trinajstić information content (AvgIpc) is 3.21. The second-order valence-corrected chi connectivity index (χ2v) is 7.45. The van der Waals surface area contributed by atoms with Crippen LogP contribution in [0.25, 0.3) is 11.1 Å². The largest absolute Gasteiger partial charge is 0.479 e. The molecule has 0 bridgehead atoms. The van der Waals surface area contributed by atoms with Crippen molar-refractivity contribution in [2.75, 3.05) is 6.54 Å². The highest BCUT2D eigenvalue weighted by molar-refractivity contribution is 7.82. The summed E-state index contributed by atoms with van der Waals surface area (Å²) in [5.41, 5.74) is 5.77. The minimum atomic E-state index is -1.48. The standard InChI is InChI=1S/C20H19NO4S/c22-18(23)20(26)9-4-10-21(20)19(24)25-12-14-6-3-8-16-15-7-2-1-5-13(15)11-17(14)16/h1-3,5-8,26H,4,9-12H2,(H,22,23). The number of thiol groups is 1. The van der Waals surface area contributed by atoms with Gasteiger partial charge in [-0.2, -0.15) is 0 Å². The number of likely N-dealkylation sites (tertiary alicyclic amines) is 1. The van der Waals surface area contributed by atoms with Gasteiger partial charge in [-0.3, -0.25) is 4.90 Å². The first kappa shape index (κ1) is 17.0. The summed E-state index contributed by atoms with van der Waals surface area (Å²) in [5, 5.41) is 9.38. The summed E-state index contributed by atoms with van der Waals surface area (Å²) in [6.07, 6.45) is 1.10. The van der Waals surface area contributed by atoms with Gasteiger partial charge < -0.3 is 9.84 Å². The molecule has 2 aliphatic rings. The second-order valence-electron chi connectivity index (χ2n) is 6.71. The lowest BCUT2D eigenvalue weighted by Gasteiger charge is -2.29. The van der Waals surface area contributed by atoms with Crippen LogP contribution in [0, 0.1) is 0 Å². The minimum absolute atomic E-state index is 0.121. The summed E-state index contributed by atoms with van der Waals surface area (Å²) >= 11 is 4.21. The van der Waals surface area contributed by atoms with Crippen molar-refractivity contribution < 1.29 is 19.4 Å². The molecule has 1 saturated heterocycles. The van der Waals surface area contributed by atoms with Gasteiger partial charge in [-0.25, -0.2) is 9.59 Å². The molecule has 2 aromatic rings. The van der Waals surface area contributed by atoms with E-state index in [1.807, 2.05) is 24.3 Å². The maximum absolute atomic E-state index is 12.4. The van der Waals surface area contributed by atoms with E-state index in [2.05, 4.69) is 30.8 Å². The Balaban J connectivity index is 1.52. The van der Waals surface area contributed by atoms with Crippen LogP contribution in [-0.2, 0) is 22.6 Å². The maximum Gasteiger partial charge on any atom is 0.411 e. The van der Waals surface area contributed by atoms with Gasteiger partial charge in [0.1, 0.15) is 6.61 Å². The molecule has 1 aliphatic heterocycles. The summed E-state index contributed by atoms with van der Waals surface area (Å²) in [4.78, 5) is 23.6. The number of amides is 1. The van der Waals surface area contributed by atoms with Crippen molar-refractivity contribution in [3.8, 4) is 11.1 Å². The van der Waals surface area contributed by atoms with E-state index >= 15 is 0 Å². The normalized spacial score (nSPS) is 20.6. The van der Waals surface area contributed by atoms with Crippen LogP contribution in [0.15, 0.2) is 42.5 Å². The SMILES string of the molecule is O=C(OCc1cccc2c1Cc1ccccc1-2)N1CCCC1(S)C(=O)O. The average molecular weight is 369 g/mol. The van der Waals surface area contributed by atoms with E-state index < -0.39 is 16.9 Å². The molecule has 1 amide bonds. The lowest BCUT2D eigenvalue weighted by molar-refractivity contribution is -0.143. The Labute approximate surface area is 157 Å². The molecule has 5 nitrogen and oxygen atoms in total. The fourth-order valence-corrected chi connectivity index (χ4v) is 4.18. The molecular weight excluding hydrogens is 350 g/mol. The Kier molecular flexibility index (Phi) is 4.15. The lowest BCUT2D eigenvalue weighted by atomic mass is 10.0. The van der Waals surface area contributed by atoms with Gasteiger partial charge in [0.05, 0.1) is 0 Å². The third-order valence-corrected chi connectivity index (χ3v) is 5.87. The summed E-state index contributed by atoms with van der Waals surface area (Å²) in [6, 6.07) is 14.2. The van der Waals surface area contributed by atoms with Gasteiger partial charge in [-0.15, -0.1) is 12.6 Å². The quantitative estimate of drug-likeness (QED) is 0.691. The smallest absolute Gasteiger partial charge is 0.411 e. The fraction of sp³-hybridized carbons (Fsp3) is 0.300. The molecule has 6 heteroatoms. The van der Waals surface area contributed by atoms with Gasteiger partial charge in [0.25, 0.3) is 0 Å². The van der Waals surface area contributed by atoms with Crippen molar-refractivity contribution in [1.82, 2.24) is 4.90 Å². The van der Waals surface area contributed by atoms with Crippen LogP contribution in [0.4, 0.5) is 4.79 Å². The zero-order valence-electron chi connectivity index (χ0n) is 14.1. The van der Waals surface area contributed by atoms with E-state index in [1.54, 1.807) is 0 Å². The summed E-state index contributed by atoms with van der Waals surface area (Å²) < 4.78 is 5.46. The molecule has 1 fully saturated rings. The van der Waals surface area contributed by atoms with Crippen molar-refractivity contribution in [2.24, 2.45) is 0 Å². The molecule has 0 aromatic heterocycles. The number of nitrogens with zero attached hydrogens (tertiary/aromatic N) is 1. The first-order valence-corrected chi connectivity index (χ1v) is 9.04. The molecule has 1 heterocycles. The van der Waals surface area contributed by atoms with Gasteiger partial charge in [-0.05, 0) is 47.1 Å². The van der Waals surface area contributed by atoms with Crippen molar-refractivity contribution in [1.29, 1.82) is 0 Å². The van der Waals surface area contributed by atoms with Crippen molar-refractivity contribution in [3.63, 3.8) is 0 Å². The van der Waals surface area contributed by atoms with Crippen LogP contribution >= 0.6 is 12.6 Å². The summed E-state index contributed by atoms with van der Waals surface area (Å²) in [5.74, 6) is -1.12. The van der Waals surface area contributed by atoms with Gasteiger partial charge in [0, 0.05) is 6.54 Å². The lowest BCUT2D eigenvalue weighted by Crippen LogP contribution is -2.49. The van der Waals surface area contributed by atoms with Crippen LogP contribution in [0.3, 0.4) is 0 Å². The molecule has 26 heavy (non-hydrogen) atoms. The van der Waals surface area contributed by atoms with Crippen LogP contribution in [0.1, 0.15) is 29.5 Å². The number of benzene rings is 2. The number of hydrogen-bond donors (Lipinski definition) is 2. The molecule has 4 rings (SSSR count). The number of carboxylic acid groups (broad SMARTS) is 1. The third-order valence-electron chi connectivity index (χ3n) is 5.22. The Hall–Kier alpha value is -2.47. The molecule has 0 spiro atoms. The number of fused-ring (bicyclic) bond motifs is 3. The fourth-order valence-electron chi connectivity index (χ4n) is 3.84. The molecule has 134 valence electrons. The van der Waals surface area contributed by atoms with E-state index in [-0.39, 0.29) is 6.61 Å². The van der Waals surface area contributed by atoms with Crippen molar-refractivity contribution in [2.45, 2.75) is 30.7 Å². The van der Waals surface area contributed by atoms with Gasteiger partial charge in [-0.1, -0.05) is 42.5 Å². The Bertz CT molecular complexity index is 897. The van der Waals surface area contributed by atoms with Crippen LogP contribution in [0.5, 0.6) is 0 Å². The van der Waals surface area contributed by atoms with Crippen LogP contribution in [-0.4, -0.2) is 33.5 Å². The Morgan fingerprint density at radius 1 is 1.15 bits per heavy atom. The first-order valence-electron chi connectivity index (χ1n) is 8.60. The van der Waals surface area contributed by atoms with Crippen molar-refractivity contribution >= 4 is 24.7 Å². The maximum atomic E-state index is 12.4. The number of carboxylic acids is 1. The molecule has 1 aliphatic carbocycles. The number of carbonyl (C=O) groups is 2. The van der Waals surface area contributed by atoms with Crippen LogP contribution in [0.2, 0.25) is 0 Å². The van der Waals surface area contributed by atoms with E-state index in [0.717, 1.165) is 12.0 Å². The predicted octanol–water partition coefficient (Wildman–Crippen LogP) is 3.70. The highest BCUT2D eigenvalue weighted by atomic mass is 32.1. The summed E-state index contributed by atoms with van der Waals surface area (Å²) in [6.45, 7) is 0.461. The number of hydrogen-bond acceptors (Lipinski definition) is 4. The third kappa shape index (κ3) is 2.65. The summed E-state index contributed by atoms with van der Waals surface area (Å²) in [7, 11) is 0. The molecule has 0 radical (unpaired) electrons. The topological polar surface area (TPSA) is 66.8 Å².